The van der Waals surface area contributed by atoms with Crippen LogP contribution in [0.1, 0.15) is 39.8 Å². The Morgan fingerprint density at radius 1 is 1.07 bits per heavy atom. The lowest BCUT2D eigenvalue weighted by Crippen LogP contribution is -2.30. The number of benzene rings is 2. The van der Waals surface area contributed by atoms with Gasteiger partial charge >= 0.3 is 5.97 Å². The van der Waals surface area contributed by atoms with Crippen molar-refractivity contribution in [1.29, 1.82) is 0 Å². The van der Waals surface area contributed by atoms with E-state index in [1.807, 2.05) is 31.2 Å². The fraction of sp³-hybridized carbons (Fsp3) is 0.261. The summed E-state index contributed by atoms with van der Waals surface area (Å²) < 4.78 is 20.1. The fourth-order valence-electron chi connectivity index (χ4n) is 3.06. The zero-order chi connectivity index (χ0) is 21.8. The van der Waals surface area contributed by atoms with Crippen molar-refractivity contribution in [1.82, 2.24) is 9.78 Å². The number of amides is 1. The first-order chi connectivity index (χ1) is 14.2. The lowest BCUT2D eigenvalue weighted by molar-refractivity contribution is -0.123. The Labute approximate surface area is 174 Å². The van der Waals surface area contributed by atoms with Crippen molar-refractivity contribution >= 4 is 17.6 Å². The van der Waals surface area contributed by atoms with Gasteiger partial charge in [0.25, 0.3) is 5.91 Å². The van der Waals surface area contributed by atoms with Gasteiger partial charge in [0.15, 0.2) is 6.10 Å². The molecule has 0 radical (unpaired) electrons. The first kappa shape index (κ1) is 21.2. The highest BCUT2D eigenvalue weighted by Crippen LogP contribution is 2.18. The Hall–Kier alpha value is -3.48. The number of rotatable bonds is 6. The van der Waals surface area contributed by atoms with Crippen LogP contribution in [0, 0.1) is 26.6 Å². The summed E-state index contributed by atoms with van der Waals surface area (Å²) >= 11 is 0. The van der Waals surface area contributed by atoms with E-state index in [0.29, 0.717) is 29.2 Å². The lowest BCUT2D eigenvalue weighted by atomic mass is 10.1. The molecule has 0 aliphatic carbocycles. The molecule has 0 saturated heterocycles. The van der Waals surface area contributed by atoms with E-state index >= 15 is 0 Å². The van der Waals surface area contributed by atoms with Crippen molar-refractivity contribution in [3.8, 4) is 0 Å². The van der Waals surface area contributed by atoms with E-state index in [2.05, 4.69) is 10.4 Å². The minimum atomic E-state index is -1.03. The van der Waals surface area contributed by atoms with Gasteiger partial charge in [-0.25, -0.2) is 9.18 Å². The molecule has 1 amide bonds. The van der Waals surface area contributed by atoms with Crippen LogP contribution in [0.3, 0.4) is 0 Å². The Morgan fingerprint density at radius 2 is 1.70 bits per heavy atom. The van der Waals surface area contributed by atoms with Crippen molar-refractivity contribution in [2.24, 2.45) is 0 Å². The number of halogens is 1. The average molecular weight is 409 g/mol. The number of hydrogen-bond donors (Lipinski definition) is 1. The van der Waals surface area contributed by atoms with E-state index in [-0.39, 0.29) is 0 Å². The molecule has 0 spiro atoms. The maximum Gasteiger partial charge on any atom is 0.342 e. The zero-order valence-corrected chi connectivity index (χ0v) is 17.4. The summed E-state index contributed by atoms with van der Waals surface area (Å²) in [7, 11) is 0. The summed E-state index contributed by atoms with van der Waals surface area (Å²) in [6.45, 7) is 7.57. The highest BCUT2D eigenvalue weighted by Gasteiger charge is 2.24. The SMILES string of the molecule is Cc1ccc(Cn2nc(C)c(C(=O)O[C@H](C)C(=O)Nc3ccc(F)cc3)c2C)cc1. The van der Waals surface area contributed by atoms with Crippen LogP contribution < -0.4 is 5.32 Å². The topological polar surface area (TPSA) is 73.2 Å². The molecule has 30 heavy (non-hydrogen) atoms. The zero-order valence-electron chi connectivity index (χ0n) is 17.4. The van der Waals surface area contributed by atoms with Gasteiger partial charge in [0, 0.05) is 5.69 Å². The quantitative estimate of drug-likeness (QED) is 0.620. The minimum absolute atomic E-state index is 0.351. The average Bonchev–Trinajstić information content (AvgIpc) is 2.98. The van der Waals surface area contributed by atoms with Crippen LogP contribution in [0.25, 0.3) is 0 Å². The normalized spacial score (nSPS) is 11.8. The van der Waals surface area contributed by atoms with Crippen LogP contribution >= 0.6 is 0 Å². The third-order valence-electron chi connectivity index (χ3n) is 4.80. The molecule has 3 rings (SSSR count). The number of carbonyl (C=O) groups excluding carboxylic acids is 2. The molecule has 0 aliphatic rings. The number of nitrogens with zero attached hydrogens (tertiary/aromatic N) is 2. The van der Waals surface area contributed by atoms with Gasteiger partial charge in [0.1, 0.15) is 11.4 Å². The molecule has 156 valence electrons. The standard InChI is InChI=1S/C23H24FN3O3/c1-14-5-7-18(8-6-14)13-27-16(3)21(15(2)26-27)23(29)30-17(4)22(28)25-20-11-9-19(24)10-12-20/h5-12,17H,13H2,1-4H3,(H,25,28)/t17-/m1/s1. The molecule has 1 atom stereocenters. The van der Waals surface area contributed by atoms with Gasteiger partial charge in [0.2, 0.25) is 0 Å². The second-order valence-electron chi connectivity index (χ2n) is 7.23. The number of carbonyl (C=O) groups is 2. The maximum atomic E-state index is 13.0. The van der Waals surface area contributed by atoms with Crippen LogP contribution in [0.2, 0.25) is 0 Å². The van der Waals surface area contributed by atoms with Gasteiger partial charge in [-0.2, -0.15) is 5.10 Å². The molecule has 1 aromatic heterocycles. The van der Waals surface area contributed by atoms with Gasteiger partial charge in [-0.05, 0) is 57.5 Å². The van der Waals surface area contributed by atoms with Gasteiger partial charge in [-0.1, -0.05) is 29.8 Å². The first-order valence-electron chi connectivity index (χ1n) is 9.61. The predicted octanol–water partition coefficient (Wildman–Crippen LogP) is 4.18. The molecule has 1 N–H and O–H groups in total. The number of esters is 1. The summed E-state index contributed by atoms with van der Waals surface area (Å²) in [5.41, 5.74) is 4.22. The lowest BCUT2D eigenvalue weighted by Gasteiger charge is -2.14. The van der Waals surface area contributed by atoms with Crippen LogP contribution in [0.5, 0.6) is 0 Å². The second kappa shape index (κ2) is 8.90. The minimum Gasteiger partial charge on any atom is -0.449 e. The summed E-state index contributed by atoms with van der Waals surface area (Å²) in [4.78, 5) is 25.0. The summed E-state index contributed by atoms with van der Waals surface area (Å²) in [6, 6.07) is 13.4. The number of anilines is 1. The van der Waals surface area contributed by atoms with Crippen molar-refractivity contribution in [2.45, 2.75) is 40.3 Å². The third kappa shape index (κ3) is 4.92. The van der Waals surface area contributed by atoms with Crippen molar-refractivity contribution < 1.29 is 18.7 Å². The number of ether oxygens (including phenoxy) is 1. The molecule has 7 heteroatoms. The predicted molar refractivity (Wildman–Crippen MR) is 112 cm³/mol. The first-order valence-corrected chi connectivity index (χ1v) is 9.61. The molecule has 6 nitrogen and oxygen atoms in total. The molecular weight excluding hydrogens is 385 g/mol. The van der Waals surface area contributed by atoms with Gasteiger partial charge in [0.05, 0.1) is 17.9 Å². The molecular formula is C23H24FN3O3. The van der Waals surface area contributed by atoms with Crippen LogP contribution in [-0.4, -0.2) is 27.8 Å². The fourth-order valence-corrected chi connectivity index (χ4v) is 3.06. The third-order valence-corrected chi connectivity index (χ3v) is 4.80. The summed E-state index contributed by atoms with van der Waals surface area (Å²) in [5, 5.41) is 7.05. The Bertz CT molecular complexity index is 1060. The molecule has 0 saturated carbocycles. The van der Waals surface area contributed by atoms with E-state index in [0.717, 1.165) is 5.56 Å². The summed E-state index contributed by atoms with van der Waals surface area (Å²) in [5.74, 6) is -1.51. The molecule has 2 aromatic carbocycles. The molecule has 3 aromatic rings. The number of hydrogen-bond acceptors (Lipinski definition) is 4. The monoisotopic (exact) mass is 409 g/mol. The Morgan fingerprint density at radius 3 is 2.33 bits per heavy atom. The van der Waals surface area contributed by atoms with Crippen molar-refractivity contribution in [2.75, 3.05) is 5.32 Å². The highest BCUT2D eigenvalue weighted by molar-refractivity contribution is 5.98. The van der Waals surface area contributed by atoms with E-state index in [4.69, 9.17) is 4.74 Å². The highest BCUT2D eigenvalue weighted by atomic mass is 19.1. The number of nitrogens with one attached hydrogen (secondary N) is 1. The molecule has 0 bridgehead atoms. The molecule has 0 aliphatic heterocycles. The molecule has 1 heterocycles. The Kier molecular flexibility index (Phi) is 6.30. The molecule has 0 fully saturated rings. The van der Waals surface area contributed by atoms with Crippen molar-refractivity contribution in [3.05, 3.63) is 82.4 Å². The van der Waals surface area contributed by atoms with E-state index < -0.39 is 23.8 Å². The van der Waals surface area contributed by atoms with Crippen LogP contribution in [0.4, 0.5) is 10.1 Å². The maximum absolute atomic E-state index is 13.0. The Balaban J connectivity index is 1.68. The second-order valence-corrected chi connectivity index (χ2v) is 7.23. The van der Waals surface area contributed by atoms with E-state index in [9.17, 15) is 14.0 Å². The van der Waals surface area contributed by atoms with E-state index in [1.165, 1.54) is 36.8 Å². The largest absolute Gasteiger partial charge is 0.449 e. The molecule has 0 unspecified atom stereocenters. The van der Waals surface area contributed by atoms with Gasteiger partial charge < -0.3 is 10.1 Å². The number of aryl methyl sites for hydroxylation is 2. The van der Waals surface area contributed by atoms with Crippen LogP contribution in [-0.2, 0) is 16.1 Å². The summed E-state index contributed by atoms with van der Waals surface area (Å²) in [6.07, 6.45) is -1.03. The van der Waals surface area contributed by atoms with Crippen molar-refractivity contribution in [3.63, 3.8) is 0 Å². The van der Waals surface area contributed by atoms with E-state index in [1.54, 1.807) is 18.5 Å². The smallest absolute Gasteiger partial charge is 0.342 e. The number of aromatic nitrogens is 2. The van der Waals surface area contributed by atoms with Gasteiger partial charge in [-0.3, -0.25) is 9.48 Å². The van der Waals surface area contributed by atoms with Crippen LogP contribution in [0.15, 0.2) is 48.5 Å². The van der Waals surface area contributed by atoms with Gasteiger partial charge in [-0.15, -0.1) is 0 Å².